The second-order valence-electron chi connectivity index (χ2n) is 8.36. The second kappa shape index (κ2) is 7.07. The third-order valence-corrected chi connectivity index (χ3v) is 6.07. The van der Waals surface area contributed by atoms with E-state index in [4.69, 9.17) is 4.74 Å². The second-order valence-corrected chi connectivity index (χ2v) is 8.36. The first-order valence-corrected chi connectivity index (χ1v) is 9.39. The zero-order valence-corrected chi connectivity index (χ0v) is 15.7. The monoisotopic (exact) mass is 342 g/mol. The molecule has 2 saturated heterocycles. The summed E-state index contributed by atoms with van der Waals surface area (Å²) in [5, 5.41) is 20.4. The van der Waals surface area contributed by atoms with Crippen LogP contribution in [0.25, 0.3) is 0 Å². The van der Waals surface area contributed by atoms with E-state index in [1.165, 1.54) is 5.56 Å². The van der Waals surface area contributed by atoms with Gasteiger partial charge >= 0.3 is 0 Å². The van der Waals surface area contributed by atoms with Gasteiger partial charge in [-0.25, -0.2) is 0 Å². The van der Waals surface area contributed by atoms with Gasteiger partial charge in [0, 0.05) is 25.1 Å². The number of nitriles is 1. The molecule has 0 aromatic heterocycles. The Hall–Kier alpha value is -1.41. The van der Waals surface area contributed by atoms with Crippen molar-refractivity contribution in [3.05, 3.63) is 35.4 Å². The van der Waals surface area contributed by atoms with E-state index in [9.17, 15) is 10.4 Å². The first-order valence-electron chi connectivity index (χ1n) is 9.39. The molecule has 0 unspecified atom stereocenters. The molecule has 2 fully saturated rings. The number of hydrogen-bond donors (Lipinski definition) is 1. The molecule has 136 valence electrons. The van der Waals surface area contributed by atoms with Gasteiger partial charge in [-0.15, -0.1) is 0 Å². The number of ether oxygens (including phenoxy) is 1. The fourth-order valence-electron chi connectivity index (χ4n) is 4.43. The minimum Gasteiger partial charge on any atom is -0.390 e. The van der Waals surface area contributed by atoms with Crippen LogP contribution >= 0.6 is 0 Å². The van der Waals surface area contributed by atoms with Crippen molar-refractivity contribution in [2.24, 2.45) is 5.92 Å². The van der Waals surface area contributed by atoms with E-state index in [1.807, 2.05) is 26.8 Å². The molecule has 0 aliphatic carbocycles. The van der Waals surface area contributed by atoms with Crippen molar-refractivity contribution in [1.82, 2.24) is 4.90 Å². The van der Waals surface area contributed by atoms with Gasteiger partial charge in [0.1, 0.15) is 0 Å². The average Bonchev–Trinajstić information content (AvgIpc) is 3.02. The van der Waals surface area contributed by atoms with Crippen LogP contribution in [0.5, 0.6) is 0 Å². The molecule has 3 rings (SSSR count). The molecule has 1 aromatic rings. The van der Waals surface area contributed by atoms with E-state index >= 15 is 0 Å². The first-order chi connectivity index (χ1) is 11.8. The third-order valence-electron chi connectivity index (χ3n) is 6.07. The van der Waals surface area contributed by atoms with Crippen LogP contribution in [0.1, 0.15) is 51.2 Å². The van der Waals surface area contributed by atoms with E-state index in [0.29, 0.717) is 25.7 Å². The maximum absolute atomic E-state index is 10.9. The van der Waals surface area contributed by atoms with Crippen molar-refractivity contribution in [1.29, 1.82) is 5.26 Å². The Morgan fingerprint density at radius 2 is 2.16 bits per heavy atom. The molecule has 0 saturated carbocycles. The third kappa shape index (κ3) is 3.74. The molecule has 25 heavy (non-hydrogen) atoms. The SMILES string of the molecule is CC(C)(C#N)c1ccccc1CN1CCC[C@@H]1[C@H]1COCC[C@@]1(C)O. The fraction of sp³-hybridized carbons (Fsp3) is 0.667. The topological polar surface area (TPSA) is 56.5 Å². The zero-order chi connectivity index (χ0) is 18.1. The van der Waals surface area contributed by atoms with E-state index in [1.54, 1.807) is 0 Å². The summed E-state index contributed by atoms with van der Waals surface area (Å²) in [6.07, 6.45) is 2.97. The van der Waals surface area contributed by atoms with Gasteiger partial charge in [-0.1, -0.05) is 24.3 Å². The summed E-state index contributed by atoms with van der Waals surface area (Å²) in [5.41, 5.74) is 1.18. The molecule has 4 nitrogen and oxygen atoms in total. The predicted octanol–water partition coefficient (Wildman–Crippen LogP) is 3.24. The molecular weight excluding hydrogens is 312 g/mol. The summed E-state index contributed by atoms with van der Waals surface area (Å²) < 4.78 is 5.69. The van der Waals surface area contributed by atoms with Gasteiger partial charge in [0.2, 0.25) is 0 Å². The van der Waals surface area contributed by atoms with Crippen molar-refractivity contribution in [2.75, 3.05) is 19.8 Å². The summed E-state index contributed by atoms with van der Waals surface area (Å²) in [6, 6.07) is 11.1. The number of hydrogen-bond acceptors (Lipinski definition) is 4. The summed E-state index contributed by atoms with van der Waals surface area (Å²) in [7, 11) is 0. The molecule has 2 aliphatic heterocycles. The molecule has 2 heterocycles. The molecule has 1 aromatic carbocycles. The van der Waals surface area contributed by atoms with Gasteiger partial charge in [0.05, 0.1) is 23.7 Å². The Labute approximate surface area is 151 Å². The van der Waals surface area contributed by atoms with E-state index in [-0.39, 0.29) is 5.92 Å². The summed E-state index contributed by atoms with van der Waals surface area (Å²) in [5.74, 6) is 0.153. The number of rotatable bonds is 4. The maximum Gasteiger partial charge on any atom is 0.0769 e. The lowest BCUT2D eigenvalue weighted by Crippen LogP contribution is -2.52. The Morgan fingerprint density at radius 3 is 2.88 bits per heavy atom. The fourth-order valence-corrected chi connectivity index (χ4v) is 4.43. The van der Waals surface area contributed by atoms with Crippen LogP contribution in [-0.2, 0) is 16.7 Å². The highest BCUT2D eigenvalue weighted by atomic mass is 16.5. The van der Waals surface area contributed by atoms with E-state index < -0.39 is 11.0 Å². The van der Waals surface area contributed by atoms with Crippen molar-refractivity contribution < 1.29 is 9.84 Å². The van der Waals surface area contributed by atoms with Crippen LogP contribution < -0.4 is 0 Å². The largest absolute Gasteiger partial charge is 0.390 e. The zero-order valence-electron chi connectivity index (χ0n) is 15.7. The Bertz CT molecular complexity index is 648. The van der Waals surface area contributed by atoms with Crippen LogP contribution in [0.3, 0.4) is 0 Å². The lowest BCUT2D eigenvalue weighted by atomic mass is 9.79. The predicted molar refractivity (Wildman–Crippen MR) is 98.1 cm³/mol. The van der Waals surface area contributed by atoms with Gasteiger partial charge in [-0.05, 0) is 57.7 Å². The van der Waals surface area contributed by atoms with E-state index in [2.05, 4.69) is 29.2 Å². The minimum atomic E-state index is -0.656. The number of benzene rings is 1. The van der Waals surface area contributed by atoms with Gasteiger partial charge in [0.25, 0.3) is 0 Å². The average molecular weight is 342 g/mol. The lowest BCUT2D eigenvalue weighted by Gasteiger charge is -2.43. The molecule has 2 aliphatic rings. The van der Waals surface area contributed by atoms with Crippen LogP contribution in [0.4, 0.5) is 0 Å². The van der Waals surface area contributed by atoms with Gasteiger partial charge in [-0.3, -0.25) is 4.90 Å². The van der Waals surface area contributed by atoms with Crippen LogP contribution in [0, 0.1) is 17.2 Å². The highest BCUT2D eigenvalue weighted by Gasteiger charge is 2.44. The highest BCUT2D eigenvalue weighted by Crippen LogP contribution is 2.37. The smallest absolute Gasteiger partial charge is 0.0769 e. The highest BCUT2D eigenvalue weighted by molar-refractivity contribution is 5.37. The molecule has 0 spiro atoms. The molecule has 0 amide bonds. The number of likely N-dealkylation sites (tertiary alicyclic amines) is 1. The van der Waals surface area contributed by atoms with Crippen LogP contribution in [-0.4, -0.2) is 41.4 Å². The summed E-state index contributed by atoms with van der Waals surface area (Å²) >= 11 is 0. The van der Waals surface area contributed by atoms with Crippen LogP contribution in [0.15, 0.2) is 24.3 Å². The Balaban J connectivity index is 1.82. The standard InChI is InChI=1S/C21H30N2O2/c1-20(2,15-22)17-8-5-4-7-16(17)13-23-11-6-9-19(23)18-14-25-12-10-21(18,3)24/h4-5,7-8,18-19,24H,6,9-14H2,1-3H3/t18-,19-,21-/m1/s1. The van der Waals surface area contributed by atoms with Crippen molar-refractivity contribution >= 4 is 0 Å². The van der Waals surface area contributed by atoms with Gasteiger partial charge in [-0.2, -0.15) is 5.26 Å². The summed E-state index contributed by atoms with van der Waals surface area (Å²) in [4.78, 5) is 2.49. The molecule has 4 heteroatoms. The van der Waals surface area contributed by atoms with E-state index in [0.717, 1.165) is 31.5 Å². The molecule has 1 N–H and O–H groups in total. The van der Waals surface area contributed by atoms with Crippen LogP contribution in [0.2, 0.25) is 0 Å². The molecule has 0 radical (unpaired) electrons. The maximum atomic E-state index is 10.9. The molecular formula is C21H30N2O2. The van der Waals surface area contributed by atoms with Gasteiger partial charge < -0.3 is 9.84 Å². The number of nitrogens with zero attached hydrogens (tertiary/aromatic N) is 2. The van der Waals surface area contributed by atoms with Crippen molar-refractivity contribution in [3.8, 4) is 6.07 Å². The Kier molecular flexibility index (Phi) is 5.20. The molecule has 3 atom stereocenters. The normalized spacial score (nSPS) is 31.0. The quantitative estimate of drug-likeness (QED) is 0.913. The minimum absolute atomic E-state index is 0.153. The molecule has 0 bridgehead atoms. The van der Waals surface area contributed by atoms with Crippen molar-refractivity contribution in [3.63, 3.8) is 0 Å². The lowest BCUT2D eigenvalue weighted by molar-refractivity contribution is -0.123. The van der Waals surface area contributed by atoms with Crippen molar-refractivity contribution in [2.45, 2.75) is 63.6 Å². The Morgan fingerprint density at radius 1 is 1.40 bits per heavy atom. The summed E-state index contributed by atoms with van der Waals surface area (Å²) in [6.45, 7) is 9.08. The first kappa shape index (κ1) is 18.4. The van der Waals surface area contributed by atoms with Gasteiger partial charge in [0.15, 0.2) is 0 Å². The number of aliphatic hydroxyl groups is 1.